The molecule has 0 aromatic heterocycles. The molecule has 0 N–H and O–H groups in total. The fraction of sp³-hybridized carbons (Fsp3) is 0.143. The Kier molecular flexibility index (Phi) is 4.27. The van der Waals surface area contributed by atoms with Crippen LogP contribution in [0.2, 0.25) is 0 Å². The zero-order valence-corrected chi connectivity index (χ0v) is 12.9. The van der Waals surface area contributed by atoms with E-state index in [1.54, 1.807) is 43.4 Å². The van der Waals surface area contributed by atoms with E-state index in [9.17, 15) is 8.42 Å². The van der Waals surface area contributed by atoms with E-state index in [1.165, 1.54) is 4.31 Å². The lowest BCUT2D eigenvalue weighted by Crippen LogP contribution is -2.27. The van der Waals surface area contributed by atoms with Gasteiger partial charge >= 0.3 is 0 Å². The van der Waals surface area contributed by atoms with Crippen LogP contribution in [0.5, 0.6) is 0 Å². The third-order valence-electron chi connectivity index (χ3n) is 2.88. The number of nitrogens with zero attached hydrogens (tertiary/aromatic N) is 1. The topological polar surface area (TPSA) is 37.4 Å². The molecule has 5 heteroatoms. The highest BCUT2D eigenvalue weighted by atomic mass is 79.9. The first kappa shape index (κ1) is 14.1. The lowest BCUT2D eigenvalue weighted by molar-refractivity contribution is 0.594. The van der Waals surface area contributed by atoms with Gasteiger partial charge in [0.25, 0.3) is 10.0 Å². The molecule has 2 aromatic carbocycles. The maximum absolute atomic E-state index is 12.5. The number of para-hydroxylation sites is 1. The fourth-order valence-electron chi connectivity index (χ4n) is 1.81. The second-order valence-electron chi connectivity index (χ2n) is 4.05. The van der Waals surface area contributed by atoms with Gasteiger partial charge in [-0.1, -0.05) is 52.3 Å². The van der Waals surface area contributed by atoms with Gasteiger partial charge in [0.05, 0.1) is 10.6 Å². The summed E-state index contributed by atoms with van der Waals surface area (Å²) in [7, 11) is -1.94. The van der Waals surface area contributed by atoms with E-state index in [2.05, 4.69) is 15.9 Å². The van der Waals surface area contributed by atoms with Crippen molar-refractivity contribution in [3.05, 3.63) is 60.2 Å². The molecule has 0 aliphatic rings. The maximum atomic E-state index is 12.5. The number of rotatable bonds is 4. The average molecular weight is 340 g/mol. The number of hydrogen-bond acceptors (Lipinski definition) is 2. The zero-order valence-electron chi connectivity index (χ0n) is 10.5. The summed E-state index contributed by atoms with van der Waals surface area (Å²) in [6, 6.07) is 15.9. The Morgan fingerprint density at radius 2 is 1.58 bits per heavy atom. The van der Waals surface area contributed by atoms with Crippen LogP contribution >= 0.6 is 15.9 Å². The predicted octanol–water partition coefficient (Wildman–Crippen LogP) is 3.41. The Labute approximate surface area is 122 Å². The van der Waals surface area contributed by atoms with Gasteiger partial charge in [0.2, 0.25) is 0 Å². The summed E-state index contributed by atoms with van der Waals surface area (Å²) in [5.41, 5.74) is 1.62. The van der Waals surface area contributed by atoms with Crippen molar-refractivity contribution < 1.29 is 8.42 Å². The minimum atomic E-state index is -3.51. The van der Waals surface area contributed by atoms with Crippen LogP contribution in [0.3, 0.4) is 0 Å². The molecule has 0 saturated heterocycles. The highest BCUT2D eigenvalue weighted by Crippen LogP contribution is 2.26. The first-order valence-corrected chi connectivity index (χ1v) is 8.31. The van der Waals surface area contributed by atoms with Crippen LogP contribution in [-0.2, 0) is 15.4 Å². The summed E-state index contributed by atoms with van der Waals surface area (Å²) >= 11 is 3.38. The molecule has 0 amide bonds. The monoisotopic (exact) mass is 339 g/mol. The van der Waals surface area contributed by atoms with E-state index in [4.69, 9.17) is 0 Å². The molecule has 0 atom stereocenters. The van der Waals surface area contributed by atoms with Crippen molar-refractivity contribution in [1.82, 2.24) is 0 Å². The zero-order chi connectivity index (χ0) is 13.9. The fourth-order valence-corrected chi connectivity index (χ4v) is 3.54. The second kappa shape index (κ2) is 5.75. The van der Waals surface area contributed by atoms with Gasteiger partial charge in [-0.2, -0.15) is 0 Å². The summed E-state index contributed by atoms with van der Waals surface area (Å²) in [5.74, 6) is 0. The molecule has 0 aliphatic carbocycles. The summed E-state index contributed by atoms with van der Waals surface area (Å²) in [6.45, 7) is 0. The molecular weight excluding hydrogens is 326 g/mol. The molecule has 0 fully saturated rings. The molecule has 0 spiro atoms. The Hall–Kier alpha value is -1.33. The molecule has 0 unspecified atom stereocenters. The van der Waals surface area contributed by atoms with E-state index in [1.807, 2.05) is 18.2 Å². The molecule has 0 bridgehead atoms. The van der Waals surface area contributed by atoms with E-state index in [0.717, 1.165) is 5.56 Å². The average Bonchev–Trinajstić information content (AvgIpc) is 2.47. The van der Waals surface area contributed by atoms with Gasteiger partial charge in [0.1, 0.15) is 0 Å². The summed E-state index contributed by atoms with van der Waals surface area (Å²) in [5, 5.41) is 0.609. The molecule has 0 aliphatic heterocycles. The summed E-state index contributed by atoms with van der Waals surface area (Å²) in [4.78, 5) is 0.293. The second-order valence-corrected chi connectivity index (χ2v) is 6.58. The Morgan fingerprint density at radius 1 is 1.00 bits per heavy atom. The van der Waals surface area contributed by atoms with E-state index in [-0.39, 0.29) is 0 Å². The van der Waals surface area contributed by atoms with Crippen LogP contribution in [-0.4, -0.2) is 15.5 Å². The molecule has 0 heterocycles. The minimum absolute atomic E-state index is 0.293. The van der Waals surface area contributed by atoms with Crippen LogP contribution in [0.1, 0.15) is 5.56 Å². The quantitative estimate of drug-likeness (QED) is 0.800. The van der Waals surface area contributed by atoms with Crippen LogP contribution in [0.15, 0.2) is 59.5 Å². The number of hydrogen-bond donors (Lipinski definition) is 0. The Balaban J connectivity index is 2.47. The predicted molar refractivity (Wildman–Crippen MR) is 81.1 cm³/mol. The summed E-state index contributed by atoms with van der Waals surface area (Å²) in [6.07, 6.45) is 0. The van der Waals surface area contributed by atoms with Crippen LogP contribution in [0.25, 0.3) is 0 Å². The number of benzene rings is 2. The van der Waals surface area contributed by atoms with Crippen molar-refractivity contribution >= 4 is 31.6 Å². The Morgan fingerprint density at radius 3 is 2.21 bits per heavy atom. The van der Waals surface area contributed by atoms with Crippen LogP contribution < -0.4 is 4.31 Å². The molecule has 2 rings (SSSR count). The highest BCUT2D eigenvalue weighted by molar-refractivity contribution is 9.08. The first-order chi connectivity index (χ1) is 9.07. The first-order valence-electron chi connectivity index (χ1n) is 5.75. The lowest BCUT2D eigenvalue weighted by Gasteiger charge is -2.21. The largest absolute Gasteiger partial charge is 0.269 e. The molecule has 19 heavy (non-hydrogen) atoms. The third kappa shape index (κ3) is 2.82. The SMILES string of the molecule is CN(c1ccccc1CBr)S(=O)(=O)c1ccccc1. The van der Waals surface area contributed by atoms with E-state index < -0.39 is 10.0 Å². The van der Waals surface area contributed by atoms with Crippen molar-refractivity contribution in [1.29, 1.82) is 0 Å². The molecule has 100 valence electrons. The minimum Gasteiger partial charge on any atom is -0.269 e. The van der Waals surface area contributed by atoms with E-state index in [0.29, 0.717) is 15.9 Å². The van der Waals surface area contributed by atoms with Gasteiger partial charge in [-0.3, -0.25) is 4.31 Å². The van der Waals surface area contributed by atoms with Gasteiger partial charge in [-0.15, -0.1) is 0 Å². The smallest absolute Gasteiger partial charge is 0.264 e. The van der Waals surface area contributed by atoms with Crippen molar-refractivity contribution in [2.24, 2.45) is 0 Å². The van der Waals surface area contributed by atoms with Crippen molar-refractivity contribution in [2.45, 2.75) is 10.2 Å². The van der Waals surface area contributed by atoms with Gasteiger partial charge in [-0.25, -0.2) is 8.42 Å². The molecular formula is C14H14BrNO2S. The van der Waals surface area contributed by atoms with Gasteiger partial charge in [-0.05, 0) is 23.8 Å². The molecule has 3 nitrogen and oxygen atoms in total. The number of alkyl halides is 1. The molecule has 0 radical (unpaired) electrons. The highest BCUT2D eigenvalue weighted by Gasteiger charge is 2.22. The lowest BCUT2D eigenvalue weighted by atomic mass is 10.2. The standard InChI is InChI=1S/C14H14BrNO2S/c1-16(14-10-6-5-7-12(14)11-15)19(17,18)13-8-3-2-4-9-13/h2-10H,11H2,1H3. The third-order valence-corrected chi connectivity index (χ3v) is 5.27. The van der Waals surface area contributed by atoms with Crippen molar-refractivity contribution in [2.75, 3.05) is 11.4 Å². The maximum Gasteiger partial charge on any atom is 0.264 e. The molecule has 2 aromatic rings. The number of sulfonamides is 1. The van der Waals surface area contributed by atoms with Crippen LogP contribution in [0.4, 0.5) is 5.69 Å². The van der Waals surface area contributed by atoms with Crippen molar-refractivity contribution in [3.63, 3.8) is 0 Å². The van der Waals surface area contributed by atoms with E-state index >= 15 is 0 Å². The molecule has 0 saturated carbocycles. The number of anilines is 1. The summed E-state index contributed by atoms with van der Waals surface area (Å²) < 4.78 is 26.3. The van der Waals surface area contributed by atoms with Crippen molar-refractivity contribution in [3.8, 4) is 0 Å². The van der Waals surface area contributed by atoms with Gasteiger partial charge in [0, 0.05) is 12.4 Å². The van der Waals surface area contributed by atoms with Gasteiger partial charge < -0.3 is 0 Å². The Bertz CT molecular complexity index is 656. The normalized spacial score (nSPS) is 11.3. The van der Waals surface area contributed by atoms with Gasteiger partial charge in [0.15, 0.2) is 0 Å². The van der Waals surface area contributed by atoms with Crippen LogP contribution in [0, 0.1) is 0 Å². The number of halogens is 1.